The summed E-state index contributed by atoms with van der Waals surface area (Å²) in [6, 6.07) is 6.85. The van der Waals surface area contributed by atoms with Crippen LogP contribution in [-0.4, -0.2) is 47.2 Å². The van der Waals surface area contributed by atoms with Gasteiger partial charge in [-0.2, -0.15) is 0 Å². The van der Waals surface area contributed by atoms with E-state index >= 15 is 0 Å². The number of carbonyl (C=O) groups excluding carboxylic acids is 3. The van der Waals surface area contributed by atoms with Crippen LogP contribution in [0.5, 0.6) is 0 Å². The number of carbonyl (C=O) groups is 3. The van der Waals surface area contributed by atoms with E-state index < -0.39 is 11.8 Å². The third-order valence-electron chi connectivity index (χ3n) is 4.59. The lowest BCUT2D eigenvalue weighted by atomic mass is 9.96. The van der Waals surface area contributed by atoms with Crippen molar-refractivity contribution >= 4 is 17.7 Å². The third kappa shape index (κ3) is 5.16. The molecule has 1 aliphatic rings. The quantitative estimate of drug-likeness (QED) is 0.763. The third-order valence-corrected chi connectivity index (χ3v) is 4.59. The van der Waals surface area contributed by atoms with E-state index in [1.165, 1.54) is 6.26 Å². The fourth-order valence-corrected chi connectivity index (χ4v) is 3.00. The van der Waals surface area contributed by atoms with Gasteiger partial charge in [0.2, 0.25) is 0 Å². The predicted molar refractivity (Wildman–Crippen MR) is 96.4 cm³/mol. The molecule has 0 radical (unpaired) electrons. The number of nitrogens with zero attached hydrogens (tertiary/aromatic N) is 2. The number of rotatable bonds is 5. The summed E-state index contributed by atoms with van der Waals surface area (Å²) >= 11 is 0. The molecule has 0 aromatic carbocycles. The van der Waals surface area contributed by atoms with Gasteiger partial charge in [-0.15, -0.1) is 0 Å². The summed E-state index contributed by atoms with van der Waals surface area (Å²) in [6.45, 7) is 1.86. The smallest absolute Gasteiger partial charge is 0.309 e. The van der Waals surface area contributed by atoms with Crippen LogP contribution < -0.4 is 10.6 Å². The van der Waals surface area contributed by atoms with Gasteiger partial charge in [-0.1, -0.05) is 0 Å². The number of pyridine rings is 1. The first-order chi connectivity index (χ1) is 13.1. The molecule has 3 amide bonds. The Morgan fingerprint density at radius 2 is 1.78 bits per heavy atom. The summed E-state index contributed by atoms with van der Waals surface area (Å²) in [4.78, 5) is 41.8. The maximum absolute atomic E-state index is 12.4. The molecule has 1 aliphatic heterocycles. The highest BCUT2D eigenvalue weighted by Crippen LogP contribution is 2.18. The Labute approximate surface area is 156 Å². The first kappa shape index (κ1) is 18.6. The number of likely N-dealkylation sites (tertiary alicyclic amines) is 1. The topological polar surface area (TPSA) is 105 Å². The number of hydrogen-bond donors (Lipinski definition) is 2. The molecule has 0 saturated carbocycles. The first-order valence-electron chi connectivity index (χ1n) is 8.91. The Bertz CT molecular complexity index is 768. The fourth-order valence-electron chi connectivity index (χ4n) is 3.00. The van der Waals surface area contributed by atoms with Crippen LogP contribution in [0.25, 0.3) is 0 Å². The van der Waals surface area contributed by atoms with E-state index in [1.807, 2.05) is 4.90 Å². The van der Waals surface area contributed by atoms with Gasteiger partial charge in [0, 0.05) is 37.6 Å². The van der Waals surface area contributed by atoms with Crippen LogP contribution in [0.15, 0.2) is 47.3 Å². The van der Waals surface area contributed by atoms with Crippen molar-refractivity contribution in [3.63, 3.8) is 0 Å². The Hall–Kier alpha value is -3.16. The van der Waals surface area contributed by atoms with Crippen LogP contribution in [0.3, 0.4) is 0 Å². The van der Waals surface area contributed by atoms with Crippen molar-refractivity contribution in [1.82, 2.24) is 20.5 Å². The molecule has 2 aromatic heterocycles. The summed E-state index contributed by atoms with van der Waals surface area (Å²) in [7, 11) is 0. The average molecular weight is 370 g/mol. The molecule has 0 spiro atoms. The van der Waals surface area contributed by atoms with Crippen LogP contribution in [0.2, 0.25) is 0 Å². The molecule has 2 aromatic rings. The number of aromatic nitrogens is 1. The standard InChI is InChI=1S/C19H22N4O4/c24-17(18(25)22-13-16-2-1-11-27-16)21-12-14-5-9-23(10-6-14)19(26)15-3-7-20-8-4-15/h1-4,7-8,11,14H,5-6,9-10,12-13H2,(H,21,24)(H,22,25). The van der Waals surface area contributed by atoms with Crippen molar-refractivity contribution in [1.29, 1.82) is 0 Å². The summed E-state index contributed by atoms with van der Waals surface area (Å²) in [5.41, 5.74) is 0.630. The predicted octanol–water partition coefficient (Wildman–Crippen LogP) is 0.959. The van der Waals surface area contributed by atoms with Crippen molar-refractivity contribution in [2.24, 2.45) is 5.92 Å². The molecule has 8 nitrogen and oxygen atoms in total. The van der Waals surface area contributed by atoms with Gasteiger partial charge in [-0.25, -0.2) is 0 Å². The Balaban J connectivity index is 1.37. The lowest BCUT2D eigenvalue weighted by Crippen LogP contribution is -2.44. The molecule has 27 heavy (non-hydrogen) atoms. The fraction of sp³-hybridized carbons (Fsp3) is 0.368. The molecular formula is C19H22N4O4. The minimum Gasteiger partial charge on any atom is -0.467 e. The van der Waals surface area contributed by atoms with E-state index in [-0.39, 0.29) is 18.4 Å². The van der Waals surface area contributed by atoms with Gasteiger partial charge in [-0.3, -0.25) is 19.4 Å². The number of piperidine rings is 1. The van der Waals surface area contributed by atoms with Crippen LogP contribution >= 0.6 is 0 Å². The van der Waals surface area contributed by atoms with Gasteiger partial charge >= 0.3 is 11.8 Å². The first-order valence-corrected chi connectivity index (χ1v) is 8.91. The number of amides is 3. The Morgan fingerprint density at radius 3 is 2.44 bits per heavy atom. The maximum atomic E-state index is 12.4. The van der Waals surface area contributed by atoms with Crippen molar-refractivity contribution in [3.05, 3.63) is 54.2 Å². The molecule has 3 heterocycles. The van der Waals surface area contributed by atoms with Gasteiger partial charge in [0.15, 0.2) is 0 Å². The zero-order valence-electron chi connectivity index (χ0n) is 14.9. The van der Waals surface area contributed by atoms with Crippen LogP contribution in [-0.2, 0) is 16.1 Å². The molecule has 3 rings (SSSR count). The Kier molecular flexibility index (Phi) is 6.19. The van der Waals surface area contributed by atoms with Crippen molar-refractivity contribution < 1.29 is 18.8 Å². The molecule has 2 N–H and O–H groups in total. The normalized spacial score (nSPS) is 14.6. The van der Waals surface area contributed by atoms with E-state index in [9.17, 15) is 14.4 Å². The van der Waals surface area contributed by atoms with E-state index in [1.54, 1.807) is 36.7 Å². The maximum Gasteiger partial charge on any atom is 0.309 e. The molecule has 0 aliphatic carbocycles. The van der Waals surface area contributed by atoms with Crippen molar-refractivity contribution in [3.8, 4) is 0 Å². The highest BCUT2D eigenvalue weighted by Gasteiger charge is 2.24. The van der Waals surface area contributed by atoms with E-state index in [0.717, 1.165) is 12.8 Å². The highest BCUT2D eigenvalue weighted by atomic mass is 16.3. The second kappa shape index (κ2) is 8.98. The molecule has 0 atom stereocenters. The van der Waals surface area contributed by atoms with Crippen LogP contribution in [0, 0.1) is 5.92 Å². The lowest BCUT2D eigenvalue weighted by Gasteiger charge is -2.32. The summed E-state index contributed by atoms with van der Waals surface area (Å²) in [6.07, 6.45) is 6.28. The average Bonchev–Trinajstić information content (AvgIpc) is 3.24. The van der Waals surface area contributed by atoms with Gasteiger partial charge in [0.1, 0.15) is 5.76 Å². The van der Waals surface area contributed by atoms with Gasteiger partial charge in [0.05, 0.1) is 12.8 Å². The van der Waals surface area contributed by atoms with Crippen molar-refractivity contribution in [2.75, 3.05) is 19.6 Å². The minimum absolute atomic E-state index is 0.00260. The van der Waals surface area contributed by atoms with E-state index in [2.05, 4.69) is 15.6 Å². The molecule has 142 valence electrons. The van der Waals surface area contributed by atoms with Crippen LogP contribution in [0.4, 0.5) is 0 Å². The molecule has 0 bridgehead atoms. The van der Waals surface area contributed by atoms with Crippen LogP contribution in [0.1, 0.15) is 29.0 Å². The summed E-state index contributed by atoms with van der Waals surface area (Å²) < 4.78 is 5.10. The second-order valence-electron chi connectivity index (χ2n) is 6.44. The largest absolute Gasteiger partial charge is 0.467 e. The second-order valence-corrected chi connectivity index (χ2v) is 6.44. The van der Waals surface area contributed by atoms with E-state index in [0.29, 0.717) is 31.0 Å². The molecule has 0 unspecified atom stereocenters. The summed E-state index contributed by atoms with van der Waals surface area (Å²) in [5, 5.41) is 5.17. The zero-order chi connectivity index (χ0) is 19.1. The van der Waals surface area contributed by atoms with E-state index in [4.69, 9.17) is 4.42 Å². The number of nitrogens with one attached hydrogen (secondary N) is 2. The zero-order valence-corrected chi connectivity index (χ0v) is 14.9. The SMILES string of the molecule is O=C(NCc1ccco1)C(=O)NCC1CCN(C(=O)c2ccncc2)CC1. The van der Waals surface area contributed by atoms with Gasteiger partial charge in [0.25, 0.3) is 5.91 Å². The Morgan fingerprint density at radius 1 is 1.07 bits per heavy atom. The monoisotopic (exact) mass is 370 g/mol. The molecule has 8 heteroatoms. The summed E-state index contributed by atoms with van der Waals surface area (Å²) in [5.74, 6) is -0.513. The molecule has 1 saturated heterocycles. The lowest BCUT2D eigenvalue weighted by molar-refractivity contribution is -0.139. The van der Waals surface area contributed by atoms with Gasteiger partial charge < -0.3 is 20.0 Å². The van der Waals surface area contributed by atoms with Crippen molar-refractivity contribution in [2.45, 2.75) is 19.4 Å². The minimum atomic E-state index is -0.684. The highest BCUT2D eigenvalue weighted by molar-refractivity contribution is 6.35. The van der Waals surface area contributed by atoms with Gasteiger partial charge in [-0.05, 0) is 43.0 Å². The molecular weight excluding hydrogens is 348 g/mol. The number of furan rings is 1. The number of hydrogen-bond acceptors (Lipinski definition) is 5. The molecule has 1 fully saturated rings.